The summed E-state index contributed by atoms with van der Waals surface area (Å²) in [6.07, 6.45) is 4.21. The fourth-order valence-corrected chi connectivity index (χ4v) is 7.84. The number of non-ortho nitro benzene ring substituents is 2. The second-order valence-electron chi connectivity index (χ2n) is 10.5. The number of carbonyl (C=O) groups is 2. The van der Waals surface area contributed by atoms with Crippen LogP contribution in [0.15, 0.2) is 105 Å². The molecule has 0 saturated carbocycles. The highest BCUT2D eigenvalue weighted by Crippen LogP contribution is 2.48. The first kappa shape index (κ1) is 36.2. The van der Waals surface area contributed by atoms with Crippen molar-refractivity contribution in [1.82, 2.24) is 0 Å². The number of amides is 2. The van der Waals surface area contributed by atoms with E-state index in [1.165, 1.54) is 60.7 Å². The van der Waals surface area contributed by atoms with Gasteiger partial charge in [0.05, 0.1) is 31.0 Å². The predicted molar refractivity (Wildman–Crippen MR) is 178 cm³/mol. The zero-order valence-electron chi connectivity index (χ0n) is 25.2. The molecule has 0 saturated heterocycles. The first-order chi connectivity index (χ1) is 23.8. The second kappa shape index (κ2) is 13.3. The van der Waals surface area contributed by atoms with E-state index in [2.05, 4.69) is 10.6 Å². The van der Waals surface area contributed by atoms with E-state index in [4.69, 9.17) is 0 Å². The number of nitrogens with one attached hydrogen (secondary N) is 2. The van der Waals surface area contributed by atoms with Crippen molar-refractivity contribution in [1.29, 1.82) is 0 Å². The average Bonchev–Trinajstić information content (AvgIpc) is 3.26. The van der Waals surface area contributed by atoms with Gasteiger partial charge >= 0.3 is 0 Å². The van der Waals surface area contributed by atoms with E-state index < -0.39 is 93.8 Å². The number of hydrogen-bond acceptors (Lipinski definition) is 12. The maximum atomic E-state index is 13.7. The molecule has 0 aliphatic carbocycles. The third-order valence-electron chi connectivity index (χ3n) is 7.17. The zero-order chi connectivity index (χ0) is 37.5. The smallest absolute Gasteiger partial charge is 0.296 e. The number of hydrogen-bond donors (Lipinski definition) is 4. The Labute approximate surface area is 287 Å². The Balaban J connectivity index is 1.51. The molecule has 262 valence electrons. The summed E-state index contributed by atoms with van der Waals surface area (Å²) in [5.41, 5.74) is -2.02. The van der Waals surface area contributed by atoms with E-state index in [0.29, 0.717) is 35.4 Å². The number of anilines is 2. The molecule has 18 nitrogen and oxygen atoms in total. The van der Waals surface area contributed by atoms with Gasteiger partial charge in [-0.2, -0.15) is 16.8 Å². The number of rotatable bonds is 10. The molecule has 4 N–H and O–H groups in total. The van der Waals surface area contributed by atoms with Gasteiger partial charge in [0, 0.05) is 47.5 Å². The topological polar surface area (TPSA) is 287 Å². The van der Waals surface area contributed by atoms with Crippen molar-refractivity contribution < 1.29 is 53.8 Å². The van der Waals surface area contributed by atoms with Gasteiger partial charge in [-0.05, 0) is 71.8 Å². The zero-order valence-corrected chi connectivity index (χ0v) is 27.6. The van der Waals surface area contributed by atoms with Crippen molar-refractivity contribution in [2.75, 3.05) is 10.6 Å². The van der Waals surface area contributed by atoms with Crippen LogP contribution in [0.5, 0.6) is 0 Å². The third-order valence-corrected chi connectivity index (χ3v) is 10.8. The van der Waals surface area contributed by atoms with Crippen LogP contribution in [0.25, 0.3) is 23.3 Å². The van der Waals surface area contributed by atoms with Crippen LogP contribution in [0.1, 0.15) is 11.1 Å². The van der Waals surface area contributed by atoms with Crippen LogP contribution in [0, 0.1) is 20.2 Å². The molecule has 0 atom stereocenters. The van der Waals surface area contributed by atoms with Crippen molar-refractivity contribution >= 4 is 76.8 Å². The van der Waals surface area contributed by atoms with Gasteiger partial charge in [0.15, 0.2) is 0 Å². The molecule has 1 aliphatic heterocycles. The molecule has 1 heterocycles. The Morgan fingerprint density at radius 1 is 0.627 bits per heavy atom. The highest BCUT2D eigenvalue weighted by atomic mass is 32.2. The molecule has 4 aromatic rings. The normalized spacial score (nSPS) is 13.5. The van der Waals surface area contributed by atoms with Crippen molar-refractivity contribution in [2.45, 2.75) is 19.6 Å². The third kappa shape index (κ3) is 7.71. The van der Waals surface area contributed by atoms with Crippen molar-refractivity contribution in [3.63, 3.8) is 0 Å². The molecule has 51 heavy (non-hydrogen) atoms. The minimum absolute atomic E-state index is 0.218. The lowest BCUT2D eigenvalue weighted by molar-refractivity contribution is -0.385. The van der Waals surface area contributed by atoms with E-state index in [1.54, 1.807) is 0 Å². The molecule has 0 unspecified atom stereocenters. The van der Waals surface area contributed by atoms with Crippen LogP contribution >= 0.6 is 0 Å². The Morgan fingerprint density at radius 3 is 1.25 bits per heavy atom. The maximum absolute atomic E-state index is 13.7. The molecule has 0 aromatic heterocycles. The Bertz CT molecular complexity index is 2390. The molecule has 4 aromatic carbocycles. The quantitative estimate of drug-likeness (QED) is 0.0675. The second-order valence-corrected chi connectivity index (χ2v) is 15.2. The summed E-state index contributed by atoms with van der Waals surface area (Å²) in [4.78, 5) is 42.6. The van der Waals surface area contributed by atoms with Gasteiger partial charge in [-0.1, -0.05) is 0 Å². The highest BCUT2D eigenvalue weighted by molar-refractivity contribution is 7.92. The van der Waals surface area contributed by atoms with Crippen LogP contribution in [-0.2, 0) is 39.7 Å². The van der Waals surface area contributed by atoms with Gasteiger partial charge in [-0.15, -0.1) is 0 Å². The van der Waals surface area contributed by atoms with Crippen molar-refractivity contribution in [3.05, 3.63) is 116 Å². The molecule has 0 bridgehead atoms. The van der Waals surface area contributed by atoms with E-state index in [-0.39, 0.29) is 11.4 Å². The number of nitro benzene ring substituents is 2. The van der Waals surface area contributed by atoms with Gasteiger partial charge in [-0.3, -0.25) is 38.9 Å². The summed E-state index contributed by atoms with van der Waals surface area (Å²) >= 11 is 0. The minimum atomic E-state index is -5.18. The molecule has 1 aliphatic rings. The number of fused-ring (bicyclic) bond motifs is 3. The number of nitro groups is 2. The van der Waals surface area contributed by atoms with Crippen molar-refractivity contribution in [2.24, 2.45) is 0 Å². The molecule has 0 spiro atoms. The predicted octanol–water partition coefficient (Wildman–Crippen LogP) is 4.11. The van der Waals surface area contributed by atoms with Crippen LogP contribution in [0.4, 0.5) is 22.7 Å². The largest absolute Gasteiger partial charge is 0.321 e. The van der Waals surface area contributed by atoms with Gasteiger partial charge in [0.1, 0.15) is 9.79 Å². The molecular formula is C30H20N4O14S3. The number of carbonyl (C=O) groups excluding carboxylic acids is 2. The average molecular weight is 757 g/mol. The summed E-state index contributed by atoms with van der Waals surface area (Å²) in [5, 5.41) is 26.0. The van der Waals surface area contributed by atoms with Crippen LogP contribution in [0.3, 0.4) is 0 Å². The van der Waals surface area contributed by atoms with E-state index in [0.717, 1.165) is 12.2 Å². The van der Waals surface area contributed by atoms with Crippen molar-refractivity contribution in [3.8, 4) is 11.1 Å². The number of sulfone groups is 1. The van der Waals surface area contributed by atoms with E-state index in [1.807, 2.05) is 0 Å². The highest BCUT2D eigenvalue weighted by Gasteiger charge is 2.38. The summed E-state index contributed by atoms with van der Waals surface area (Å²) in [7, 11) is -15.0. The molecule has 5 rings (SSSR count). The molecular weight excluding hydrogens is 737 g/mol. The number of benzene rings is 4. The van der Waals surface area contributed by atoms with Crippen LogP contribution < -0.4 is 10.6 Å². The Morgan fingerprint density at radius 2 is 0.961 bits per heavy atom. The summed E-state index contributed by atoms with van der Waals surface area (Å²) in [6, 6.07) is 12.7. The van der Waals surface area contributed by atoms with Gasteiger partial charge in [0.2, 0.25) is 21.7 Å². The van der Waals surface area contributed by atoms with E-state index in [9.17, 15) is 64.2 Å². The summed E-state index contributed by atoms with van der Waals surface area (Å²) in [5.74, 6) is -2.02. The first-order valence-electron chi connectivity index (χ1n) is 13.8. The lowest BCUT2D eigenvalue weighted by atomic mass is 10.0. The fourth-order valence-electron chi connectivity index (χ4n) is 4.83. The molecule has 0 radical (unpaired) electrons. The van der Waals surface area contributed by atoms with Gasteiger partial charge < -0.3 is 10.6 Å². The lowest BCUT2D eigenvalue weighted by Crippen LogP contribution is -2.13. The van der Waals surface area contributed by atoms with E-state index >= 15 is 0 Å². The monoisotopic (exact) mass is 756 g/mol. The number of nitrogens with zero attached hydrogens (tertiary/aromatic N) is 2. The Hall–Kier alpha value is -6.13. The first-order valence-corrected chi connectivity index (χ1v) is 18.2. The molecule has 2 amide bonds. The SMILES string of the molecule is O=C(C=Cc1ccc([N+](=O)[O-])cc1)Nc1cc2c(cc1S(=O)(=O)O)-c1cc(S(=O)(=O)O)c(NC(=O)C=Cc3ccc([N+](=O)[O-])cc3)cc1S2(=O)=O. The van der Waals surface area contributed by atoms with Crippen LogP contribution in [0.2, 0.25) is 0 Å². The standard InChI is InChI=1S/C30H20N4O14S3/c35-29(11-5-17-1-7-19(8-2-17)33(37)38)31-23-15-25-21(13-27(23)50(43,44)45)22-14-28(51(46,47)48)24(16-26(22)49(25,41)42)32-30(36)12-6-18-3-9-20(10-4-18)34(39)40/h1-16H,(H,31,35)(H,32,36)(H,43,44,45)(H,46,47,48). The summed E-state index contributed by atoms with van der Waals surface area (Å²) < 4.78 is 96.6. The Kier molecular flexibility index (Phi) is 9.43. The van der Waals surface area contributed by atoms with Gasteiger partial charge in [-0.25, -0.2) is 8.42 Å². The molecule has 21 heteroatoms. The summed E-state index contributed by atoms with van der Waals surface area (Å²) in [6.45, 7) is 0. The lowest BCUT2D eigenvalue weighted by Gasteiger charge is -2.12. The van der Waals surface area contributed by atoms with Gasteiger partial charge in [0.25, 0.3) is 31.6 Å². The minimum Gasteiger partial charge on any atom is -0.321 e. The molecule has 0 fully saturated rings. The van der Waals surface area contributed by atoms with Crippen LogP contribution in [-0.4, -0.2) is 56.0 Å². The maximum Gasteiger partial charge on any atom is 0.296 e. The fraction of sp³-hybridized carbons (Fsp3) is 0.